The molecule has 20 heavy (non-hydrogen) atoms. The fraction of sp³-hybridized carbons (Fsp3) is 0.333. The molecule has 1 aliphatic rings. The van der Waals surface area contributed by atoms with Crippen LogP contribution in [0.4, 0.5) is 5.69 Å². The molecule has 2 N–H and O–H groups in total. The molecule has 1 atom stereocenters. The van der Waals surface area contributed by atoms with Crippen LogP contribution in [0.15, 0.2) is 42.5 Å². The number of hydrogen-bond acceptors (Lipinski definition) is 2. The second-order valence-corrected chi connectivity index (χ2v) is 5.74. The number of anilines is 1. The highest BCUT2D eigenvalue weighted by Gasteiger charge is 2.23. The van der Waals surface area contributed by atoms with Gasteiger partial charge in [0.25, 0.3) is 0 Å². The fourth-order valence-corrected chi connectivity index (χ4v) is 3.21. The van der Waals surface area contributed by atoms with Gasteiger partial charge in [-0.15, -0.1) is 0 Å². The number of nitrogens with zero attached hydrogens (tertiary/aromatic N) is 1. The fourth-order valence-electron chi connectivity index (χ4n) is 3.21. The van der Waals surface area contributed by atoms with Crippen molar-refractivity contribution >= 4 is 5.69 Å². The first-order valence-corrected chi connectivity index (χ1v) is 7.32. The second kappa shape index (κ2) is 5.29. The van der Waals surface area contributed by atoms with Crippen molar-refractivity contribution < 1.29 is 0 Å². The molecule has 3 rings (SSSR count). The molecule has 104 valence electrons. The smallest absolute Gasteiger partial charge is 0.0362 e. The topological polar surface area (TPSA) is 29.3 Å². The molecule has 0 fully saturated rings. The van der Waals surface area contributed by atoms with Crippen molar-refractivity contribution in [2.75, 3.05) is 12.3 Å². The molecule has 0 aromatic heterocycles. The van der Waals surface area contributed by atoms with Crippen molar-refractivity contribution in [3.05, 3.63) is 64.7 Å². The lowest BCUT2D eigenvalue weighted by Crippen LogP contribution is -2.33. The van der Waals surface area contributed by atoms with Crippen LogP contribution in [-0.4, -0.2) is 11.4 Å². The molecule has 0 aliphatic carbocycles. The van der Waals surface area contributed by atoms with Crippen LogP contribution in [-0.2, 0) is 13.0 Å². The number of nitrogens with two attached hydrogens (primary N) is 1. The Kier molecular flexibility index (Phi) is 3.49. The van der Waals surface area contributed by atoms with Gasteiger partial charge < -0.3 is 5.73 Å². The second-order valence-electron chi connectivity index (χ2n) is 5.74. The zero-order valence-electron chi connectivity index (χ0n) is 12.3. The minimum atomic E-state index is 0.434. The Bertz CT molecular complexity index is 619. The van der Waals surface area contributed by atoms with Crippen molar-refractivity contribution in [3.8, 4) is 0 Å². The Morgan fingerprint density at radius 2 is 1.90 bits per heavy atom. The molecule has 1 heterocycles. The van der Waals surface area contributed by atoms with Gasteiger partial charge in [0.1, 0.15) is 0 Å². The van der Waals surface area contributed by atoms with Crippen molar-refractivity contribution in [3.63, 3.8) is 0 Å². The molecule has 1 aliphatic heterocycles. The Labute approximate surface area is 121 Å². The zero-order valence-corrected chi connectivity index (χ0v) is 12.3. The van der Waals surface area contributed by atoms with Gasteiger partial charge in [0, 0.05) is 24.8 Å². The van der Waals surface area contributed by atoms with E-state index in [0.717, 1.165) is 25.2 Å². The van der Waals surface area contributed by atoms with Gasteiger partial charge in [-0.25, -0.2) is 0 Å². The summed E-state index contributed by atoms with van der Waals surface area (Å²) in [5, 5.41) is 0. The van der Waals surface area contributed by atoms with E-state index in [0.29, 0.717) is 6.04 Å². The first-order chi connectivity index (χ1) is 9.66. The minimum Gasteiger partial charge on any atom is -0.398 e. The highest BCUT2D eigenvalue weighted by Crippen LogP contribution is 2.31. The normalized spacial score (nSPS) is 16.7. The molecule has 0 bridgehead atoms. The van der Waals surface area contributed by atoms with Crippen molar-refractivity contribution in [2.45, 2.75) is 32.9 Å². The molecular weight excluding hydrogens is 244 g/mol. The van der Waals surface area contributed by atoms with Gasteiger partial charge in [-0.1, -0.05) is 36.4 Å². The predicted molar refractivity (Wildman–Crippen MR) is 84.6 cm³/mol. The lowest BCUT2D eigenvalue weighted by Gasteiger charge is -2.35. The van der Waals surface area contributed by atoms with E-state index in [-0.39, 0.29) is 0 Å². The van der Waals surface area contributed by atoms with Crippen LogP contribution in [0.5, 0.6) is 0 Å². The Morgan fingerprint density at radius 3 is 2.70 bits per heavy atom. The molecule has 0 radical (unpaired) electrons. The number of rotatable bonds is 2. The number of hydrogen-bond donors (Lipinski definition) is 1. The van der Waals surface area contributed by atoms with E-state index in [9.17, 15) is 0 Å². The van der Waals surface area contributed by atoms with E-state index in [1.165, 1.54) is 22.3 Å². The lowest BCUT2D eigenvalue weighted by atomic mass is 9.94. The maximum Gasteiger partial charge on any atom is 0.0362 e. The van der Waals surface area contributed by atoms with Crippen LogP contribution < -0.4 is 5.73 Å². The summed E-state index contributed by atoms with van der Waals surface area (Å²) >= 11 is 0. The van der Waals surface area contributed by atoms with Crippen molar-refractivity contribution in [1.29, 1.82) is 0 Å². The lowest BCUT2D eigenvalue weighted by molar-refractivity contribution is 0.192. The van der Waals surface area contributed by atoms with Crippen LogP contribution in [0, 0.1) is 6.92 Å². The quantitative estimate of drug-likeness (QED) is 0.840. The zero-order chi connectivity index (χ0) is 14.1. The number of fused-ring (bicyclic) bond motifs is 1. The summed E-state index contributed by atoms with van der Waals surface area (Å²) in [6, 6.07) is 15.4. The van der Waals surface area contributed by atoms with Crippen molar-refractivity contribution in [2.24, 2.45) is 0 Å². The third-order valence-electron chi connectivity index (χ3n) is 4.53. The summed E-state index contributed by atoms with van der Waals surface area (Å²) in [5.74, 6) is 0. The van der Waals surface area contributed by atoms with Gasteiger partial charge in [-0.3, -0.25) is 4.90 Å². The van der Waals surface area contributed by atoms with E-state index in [2.05, 4.69) is 55.1 Å². The van der Waals surface area contributed by atoms with Crippen LogP contribution in [0.2, 0.25) is 0 Å². The summed E-state index contributed by atoms with van der Waals surface area (Å²) in [6.45, 7) is 6.55. The maximum absolute atomic E-state index is 6.15. The SMILES string of the molecule is Cc1ccccc1C(C)N1CCc2cccc(N)c2C1. The van der Waals surface area contributed by atoms with Crippen molar-refractivity contribution in [1.82, 2.24) is 4.90 Å². The molecule has 2 heteroatoms. The van der Waals surface area contributed by atoms with Gasteiger partial charge >= 0.3 is 0 Å². The highest BCUT2D eigenvalue weighted by molar-refractivity contribution is 5.52. The summed E-state index contributed by atoms with van der Waals surface area (Å²) in [7, 11) is 0. The molecular formula is C18H22N2. The van der Waals surface area contributed by atoms with E-state index in [1.807, 2.05) is 6.07 Å². The largest absolute Gasteiger partial charge is 0.398 e. The standard InChI is InChI=1S/C18H22N2/c1-13-6-3-4-8-16(13)14(2)20-11-10-15-7-5-9-18(19)17(15)12-20/h3-9,14H,10-12,19H2,1-2H3. The summed E-state index contributed by atoms with van der Waals surface area (Å²) in [6.07, 6.45) is 1.09. The van der Waals surface area contributed by atoms with Gasteiger partial charge in [-0.05, 0) is 48.6 Å². The first kappa shape index (κ1) is 13.2. The molecule has 1 unspecified atom stereocenters. The molecule has 2 nitrogen and oxygen atoms in total. The molecule has 0 amide bonds. The number of benzene rings is 2. The van der Waals surface area contributed by atoms with Crippen LogP contribution >= 0.6 is 0 Å². The third-order valence-corrected chi connectivity index (χ3v) is 4.53. The predicted octanol–water partition coefficient (Wildman–Crippen LogP) is 3.70. The monoisotopic (exact) mass is 266 g/mol. The van der Waals surface area contributed by atoms with Gasteiger partial charge in [0.2, 0.25) is 0 Å². The van der Waals surface area contributed by atoms with E-state index in [4.69, 9.17) is 5.73 Å². The third kappa shape index (κ3) is 2.32. The summed E-state index contributed by atoms with van der Waals surface area (Å²) in [4.78, 5) is 2.53. The maximum atomic E-state index is 6.15. The summed E-state index contributed by atoms with van der Waals surface area (Å²) < 4.78 is 0. The molecule has 2 aromatic carbocycles. The van der Waals surface area contributed by atoms with Crippen LogP contribution in [0.25, 0.3) is 0 Å². The average Bonchev–Trinajstić information content (AvgIpc) is 2.47. The Balaban J connectivity index is 1.87. The number of aryl methyl sites for hydroxylation is 1. The average molecular weight is 266 g/mol. The van der Waals surface area contributed by atoms with E-state index < -0.39 is 0 Å². The Hall–Kier alpha value is -1.80. The Morgan fingerprint density at radius 1 is 1.10 bits per heavy atom. The highest BCUT2D eigenvalue weighted by atomic mass is 15.2. The van der Waals surface area contributed by atoms with E-state index in [1.54, 1.807) is 0 Å². The summed E-state index contributed by atoms with van der Waals surface area (Å²) in [5.41, 5.74) is 12.6. The van der Waals surface area contributed by atoms with E-state index >= 15 is 0 Å². The molecule has 2 aromatic rings. The minimum absolute atomic E-state index is 0.434. The first-order valence-electron chi connectivity index (χ1n) is 7.32. The molecule has 0 spiro atoms. The van der Waals surface area contributed by atoms with Gasteiger partial charge in [0.05, 0.1) is 0 Å². The molecule has 0 saturated heterocycles. The van der Waals surface area contributed by atoms with Crippen LogP contribution in [0.1, 0.15) is 35.2 Å². The molecule has 0 saturated carbocycles. The number of nitrogen functional groups attached to an aromatic ring is 1. The van der Waals surface area contributed by atoms with Gasteiger partial charge in [-0.2, -0.15) is 0 Å². The van der Waals surface area contributed by atoms with Gasteiger partial charge in [0.15, 0.2) is 0 Å². The van der Waals surface area contributed by atoms with Crippen LogP contribution in [0.3, 0.4) is 0 Å².